The molecule has 0 unspecified atom stereocenters. The molecule has 0 fully saturated rings. The molecule has 8 heteroatoms. The summed E-state index contributed by atoms with van der Waals surface area (Å²) in [7, 11) is 3.17. The van der Waals surface area contributed by atoms with Gasteiger partial charge in [-0.25, -0.2) is 15.0 Å². The van der Waals surface area contributed by atoms with Gasteiger partial charge < -0.3 is 9.47 Å². The van der Waals surface area contributed by atoms with Crippen molar-refractivity contribution in [3.63, 3.8) is 0 Å². The molecule has 0 atom stereocenters. The minimum atomic E-state index is -0.218. The molecule has 0 amide bonds. The zero-order chi connectivity index (χ0) is 23.2. The van der Waals surface area contributed by atoms with E-state index in [-0.39, 0.29) is 5.56 Å². The molecule has 6 aromatic rings. The summed E-state index contributed by atoms with van der Waals surface area (Å²) >= 11 is 0. The Morgan fingerprint density at radius 2 is 1.44 bits per heavy atom. The summed E-state index contributed by atoms with van der Waals surface area (Å²) in [4.78, 5) is 28.1. The Kier molecular flexibility index (Phi) is 4.51. The molecule has 166 valence electrons. The molecular weight excluding hydrogens is 430 g/mol. The summed E-state index contributed by atoms with van der Waals surface area (Å²) in [5.74, 6) is 1.16. The highest BCUT2D eigenvalue weighted by Gasteiger charge is 2.22. The van der Waals surface area contributed by atoms with Gasteiger partial charge in [0, 0.05) is 6.07 Å². The van der Waals surface area contributed by atoms with Crippen molar-refractivity contribution in [3.8, 4) is 22.9 Å². The Morgan fingerprint density at radius 1 is 0.735 bits per heavy atom. The molecule has 0 aliphatic carbocycles. The first-order valence-electron chi connectivity index (χ1n) is 10.7. The molecule has 0 N–H and O–H groups in total. The van der Waals surface area contributed by atoms with E-state index in [0.717, 1.165) is 16.9 Å². The number of nitrogens with zero attached hydrogens (tertiary/aromatic N) is 5. The van der Waals surface area contributed by atoms with Crippen molar-refractivity contribution in [2.45, 2.75) is 0 Å². The Labute approximate surface area is 193 Å². The highest BCUT2D eigenvalue weighted by Crippen LogP contribution is 2.33. The van der Waals surface area contributed by atoms with Gasteiger partial charge >= 0.3 is 0 Å². The summed E-state index contributed by atoms with van der Waals surface area (Å²) in [5.41, 5.74) is 4.16. The third-order valence-electron chi connectivity index (χ3n) is 5.82. The van der Waals surface area contributed by atoms with E-state index in [1.165, 1.54) is 10.9 Å². The summed E-state index contributed by atoms with van der Waals surface area (Å²) < 4.78 is 14.3. The van der Waals surface area contributed by atoms with Gasteiger partial charge in [0.15, 0.2) is 22.8 Å². The van der Waals surface area contributed by atoms with Crippen molar-refractivity contribution < 1.29 is 9.47 Å². The lowest BCUT2D eigenvalue weighted by molar-refractivity contribution is 0.355. The second-order valence-electron chi connectivity index (χ2n) is 7.71. The van der Waals surface area contributed by atoms with Crippen LogP contribution in [0.3, 0.4) is 0 Å². The van der Waals surface area contributed by atoms with Gasteiger partial charge in [-0.1, -0.05) is 30.3 Å². The minimum Gasteiger partial charge on any atom is -0.493 e. The Balaban J connectivity index is 1.76. The minimum absolute atomic E-state index is 0.218. The van der Waals surface area contributed by atoms with Crippen LogP contribution in [0.4, 0.5) is 0 Å². The molecule has 0 saturated carbocycles. The summed E-state index contributed by atoms with van der Waals surface area (Å²) in [5, 5.41) is 0.398. The first-order valence-corrected chi connectivity index (χ1v) is 10.7. The fourth-order valence-electron chi connectivity index (χ4n) is 4.22. The van der Waals surface area contributed by atoms with Crippen LogP contribution < -0.4 is 15.0 Å². The van der Waals surface area contributed by atoms with Crippen LogP contribution in [0, 0.1) is 0 Å². The topological polar surface area (TPSA) is 84.1 Å². The highest BCUT2D eigenvalue weighted by atomic mass is 16.5. The average molecular weight is 449 g/mol. The van der Waals surface area contributed by atoms with Gasteiger partial charge in [0.2, 0.25) is 0 Å². The normalized spacial score (nSPS) is 11.4. The molecule has 3 aromatic carbocycles. The van der Waals surface area contributed by atoms with Gasteiger partial charge in [0.25, 0.3) is 5.56 Å². The van der Waals surface area contributed by atoms with E-state index >= 15 is 0 Å². The van der Waals surface area contributed by atoms with Crippen molar-refractivity contribution in [2.75, 3.05) is 14.2 Å². The monoisotopic (exact) mass is 449 g/mol. The third kappa shape index (κ3) is 2.92. The van der Waals surface area contributed by atoms with Gasteiger partial charge in [-0.3, -0.25) is 13.9 Å². The van der Waals surface area contributed by atoms with Crippen molar-refractivity contribution in [1.29, 1.82) is 0 Å². The zero-order valence-corrected chi connectivity index (χ0v) is 18.5. The second-order valence-corrected chi connectivity index (χ2v) is 7.71. The van der Waals surface area contributed by atoms with Crippen LogP contribution in [0.15, 0.2) is 83.9 Å². The molecule has 0 spiro atoms. The third-order valence-corrected chi connectivity index (χ3v) is 5.82. The lowest BCUT2D eigenvalue weighted by atomic mass is 10.2. The first-order chi connectivity index (χ1) is 16.7. The first kappa shape index (κ1) is 19.9. The molecule has 34 heavy (non-hydrogen) atoms. The maximum absolute atomic E-state index is 13.7. The van der Waals surface area contributed by atoms with Gasteiger partial charge in [-0.05, 0) is 36.4 Å². The number of benzene rings is 3. The average Bonchev–Trinajstić information content (AvgIpc) is 3.21. The van der Waals surface area contributed by atoms with E-state index in [4.69, 9.17) is 24.4 Å². The second kappa shape index (κ2) is 7.70. The number of hydrogen-bond acceptors (Lipinski definition) is 6. The van der Waals surface area contributed by atoms with Crippen molar-refractivity contribution in [3.05, 3.63) is 89.5 Å². The van der Waals surface area contributed by atoms with E-state index in [1.54, 1.807) is 14.2 Å². The number of methoxy groups -OCH3 is 2. The molecule has 8 nitrogen and oxygen atoms in total. The number of hydrogen-bond donors (Lipinski definition) is 0. The van der Waals surface area contributed by atoms with E-state index in [1.807, 2.05) is 77.4 Å². The number of ether oxygens (including phenoxy) is 2. The van der Waals surface area contributed by atoms with Crippen LogP contribution in [0.2, 0.25) is 0 Å². The molecule has 3 heterocycles. The predicted octanol–water partition coefficient (Wildman–Crippen LogP) is 4.29. The Morgan fingerprint density at radius 3 is 2.18 bits per heavy atom. The molecule has 0 bridgehead atoms. The molecular formula is C26H19N5O3. The summed E-state index contributed by atoms with van der Waals surface area (Å²) in [6.45, 7) is 0. The highest BCUT2D eigenvalue weighted by molar-refractivity contribution is 6.05. The summed E-state index contributed by atoms with van der Waals surface area (Å²) in [6.07, 6.45) is 1.54. The van der Waals surface area contributed by atoms with Crippen LogP contribution in [0.5, 0.6) is 11.5 Å². The Hall–Kier alpha value is -4.72. The summed E-state index contributed by atoms with van der Waals surface area (Å²) in [6, 6.07) is 22.5. The predicted molar refractivity (Wildman–Crippen MR) is 130 cm³/mol. The van der Waals surface area contributed by atoms with Gasteiger partial charge in [0.05, 0.1) is 36.6 Å². The molecule has 0 radical (unpaired) electrons. The number of rotatable bonds is 4. The van der Waals surface area contributed by atoms with Crippen LogP contribution in [-0.2, 0) is 0 Å². The van der Waals surface area contributed by atoms with Gasteiger partial charge in [-0.15, -0.1) is 0 Å². The Bertz CT molecular complexity index is 1760. The lowest BCUT2D eigenvalue weighted by Gasteiger charge is -2.12. The number of fused-ring (bicyclic) bond motifs is 4. The fraction of sp³-hybridized carbons (Fsp3) is 0.0769. The van der Waals surface area contributed by atoms with Crippen LogP contribution >= 0.6 is 0 Å². The molecule has 6 rings (SSSR count). The lowest BCUT2D eigenvalue weighted by Crippen LogP contribution is -2.18. The van der Waals surface area contributed by atoms with Crippen LogP contribution in [0.25, 0.3) is 44.6 Å². The van der Waals surface area contributed by atoms with Crippen LogP contribution in [0.1, 0.15) is 0 Å². The molecule has 0 aliphatic heterocycles. The fourth-order valence-corrected chi connectivity index (χ4v) is 4.22. The van der Waals surface area contributed by atoms with Crippen molar-refractivity contribution in [1.82, 2.24) is 24.1 Å². The number of para-hydroxylation sites is 3. The van der Waals surface area contributed by atoms with Gasteiger partial charge in [0.1, 0.15) is 17.2 Å². The van der Waals surface area contributed by atoms with E-state index < -0.39 is 0 Å². The van der Waals surface area contributed by atoms with E-state index in [0.29, 0.717) is 39.2 Å². The molecule has 3 aromatic heterocycles. The standard InChI is InChI=1S/C26H19N5O3/c1-33-20-13-12-17(14-21(20)34-2)31-24-22(23-25(31)29-19-11-7-6-10-18(19)28-23)26(32)30(15-27-24)16-8-4-3-5-9-16/h3-15H,1-2H3. The zero-order valence-electron chi connectivity index (χ0n) is 18.5. The maximum Gasteiger partial charge on any atom is 0.269 e. The SMILES string of the molecule is COc1ccc(-n2c3nc4ccccc4nc3c3c(=O)n(-c4ccccc4)cnc32)cc1OC. The molecule has 0 aliphatic rings. The van der Waals surface area contributed by atoms with E-state index in [2.05, 4.69) is 0 Å². The quantitative estimate of drug-likeness (QED) is 0.399. The largest absolute Gasteiger partial charge is 0.493 e. The van der Waals surface area contributed by atoms with Crippen molar-refractivity contribution in [2.24, 2.45) is 0 Å². The van der Waals surface area contributed by atoms with Crippen LogP contribution in [-0.4, -0.2) is 38.3 Å². The maximum atomic E-state index is 13.7. The van der Waals surface area contributed by atoms with E-state index in [9.17, 15) is 4.79 Å². The van der Waals surface area contributed by atoms with Gasteiger partial charge in [-0.2, -0.15) is 0 Å². The number of aromatic nitrogens is 5. The smallest absolute Gasteiger partial charge is 0.269 e. The van der Waals surface area contributed by atoms with Crippen molar-refractivity contribution >= 4 is 33.2 Å². The molecule has 0 saturated heterocycles.